The van der Waals surface area contributed by atoms with E-state index in [1.807, 2.05) is 6.92 Å². The molecule has 5 heteroatoms. The van der Waals surface area contributed by atoms with E-state index < -0.39 is 5.60 Å². The van der Waals surface area contributed by atoms with Crippen LogP contribution >= 0.6 is 0 Å². The molecule has 1 atom stereocenters. The number of methoxy groups -OCH3 is 1. The molecule has 1 aliphatic carbocycles. The van der Waals surface area contributed by atoms with Crippen molar-refractivity contribution in [1.82, 2.24) is 10.6 Å². The Labute approximate surface area is 116 Å². The zero-order valence-electron chi connectivity index (χ0n) is 12.2. The fourth-order valence-electron chi connectivity index (χ4n) is 2.59. The third-order valence-electron chi connectivity index (χ3n) is 3.60. The van der Waals surface area contributed by atoms with Crippen molar-refractivity contribution in [3.05, 3.63) is 0 Å². The summed E-state index contributed by atoms with van der Waals surface area (Å²) in [5.74, 6) is -0.0539. The highest BCUT2D eigenvalue weighted by molar-refractivity contribution is 5.78. The Hall–Kier alpha value is -0.650. The van der Waals surface area contributed by atoms with E-state index in [0.29, 0.717) is 13.2 Å². The molecule has 0 aromatic heterocycles. The lowest BCUT2D eigenvalue weighted by molar-refractivity contribution is -0.121. The maximum atomic E-state index is 11.6. The van der Waals surface area contributed by atoms with Gasteiger partial charge in [-0.25, -0.2) is 0 Å². The van der Waals surface area contributed by atoms with Gasteiger partial charge in [0, 0.05) is 19.7 Å². The van der Waals surface area contributed by atoms with Crippen LogP contribution < -0.4 is 10.6 Å². The smallest absolute Gasteiger partial charge is 0.234 e. The highest BCUT2D eigenvalue weighted by Crippen LogP contribution is 2.26. The molecule has 0 saturated heterocycles. The Morgan fingerprint density at radius 2 is 1.95 bits per heavy atom. The van der Waals surface area contributed by atoms with Crippen LogP contribution in [-0.4, -0.2) is 49.5 Å². The number of hydrogen-bond acceptors (Lipinski definition) is 4. The molecule has 5 nitrogen and oxygen atoms in total. The zero-order valence-corrected chi connectivity index (χ0v) is 12.2. The predicted octanol–water partition coefficient (Wildman–Crippen LogP) is 0.812. The third-order valence-corrected chi connectivity index (χ3v) is 3.60. The standard InChI is InChI=1S/C14H28N2O3/c1-12(10-19-2)16-13(17)9-15-11-14(18)7-5-3-4-6-8-14/h12,15,18H,3-11H2,1-2H3,(H,16,17). The van der Waals surface area contributed by atoms with Crippen molar-refractivity contribution < 1.29 is 14.6 Å². The molecule has 1 aliphatic rings. The number of aliphatic hydroxyl groups is 1. The molecule has 1 unspecified atom stereocenters. The molecule has 0 aliphatic heterocycles. The molecular weight excluding hydrogens is 244 g/mol. The molecule has 3 N–H and O–H groups in total. The van der Waals surface area contributed by atoms with E-state index in [1.165, 1.54) is 12.8 Å². The minimum absolute atomic E-state index is 0.0141. The summed E-state index contributed by atoms with van der Waals surface area (Å²) in [7, 11) is 1.61. The van der Waals surface area contributed by atoms with Crippen molar-refractivity contribution in [2.24, 2.45) is 0 Å². The van der Waals surface area contributed by atoms with Crippen LogP contribution in [0.15, 0.2) is 0 Å². The average Bonchev–Trinajstić information content (AvgIpc) is 2.54. The lowest BCUT2D eigenvalue weighted by Crippen LogP contribution is -2.46. The van der Waals surface area contributed by atoms with Gasteiger partial charge in [-0.1, -0.05) is 25.7 Å². The van der Waals surface area contributed by atoms with Gasteiger partial charge in [-0.3, -0.25) is 4.79 Å². The van der Waals surface area contributed by atoms with E-state index in [-0.39, 0.29) is 18.5 Å². The fourth-order valence-corrected chi connectivity index (χ4v) is 2.59. The normalized spacial score (nSPS) is 20.6. The second-order valence-electron chi connectivity index (χ2n) is 5.67. The number of carbonyl (C=O) groups is 1. The highest BCUT2D eigenvalue weighted by Gasteiger charge is 2.27. The predicted molar refractivity (Wildman–Crippen MR) is 75.0 cm³/mol. The summed E-state index contributed by atoms with van der Waals surface area (Å²) < 4.78 is 4.96. The number of rotatable bonds is 7. The average molecular weight is 272 g/mol. The molecule has 1 rings (SSSR count). The Morgan fingerprint density at radius 1 is 1.32 bits per heavy atom. The lowest BCUT2D eigenvalue weighted by Gasteiger charge is -2.27. The van der Waals surface area contributed by atoms with Crippen LogP contribution in [-0.2, 0) is 9.53 Å². The minimum Gasteiger partial charge on any atom is -0.389 e. The van der Waals surface area contributed by atoms with Gasteiger partial charge in [0.2, 0.25) is 5.91 Å². The van der Waals surface area contributed by atoms with Gasteiger partial charge in [0.05, 0.1) is 18.8 Å². The molecule has 0 spiro atoms. The molecule has 0 aromatic carbocycles. The van der Waals surface area contributed by atoms with Crippen LogP contribution in [0.25, 0.3) is 0 Å². The Balaban J connectivity index is 2.19. The van der Waals surface area contributed by atoms with E-state index in [1.54, 1.807) is 7.11 Å². The molecule has 1 saturated carbocycles. The first kappa shape index (κ1) is 16.4. The topological polar surface area (TPSA) is 70.6 Å². The number of carbonyl (C=O) groups excluding carboxylic acids is 1. The van der Waals surface area contributed by atoms with Gasteiger partial charge >= 0.3 is 0 Å². The maximum absolute atomic E-state index is 11.6. The third kappa shape index (κ3) is 6.89. The second-order valence-corrected chi connectivity index (χ2v) is 5.67. The van der Waals surface area contributed by atoms with Crippen LogP contribution in [0.1, 0.15) is 45.4 Å². The first-order chi connectivity index (χ1) is 9.06. The van der Waals surface area contributed by atoms with E-state index in [0.717, 1.165) is 25.7 Å². The maximum Gasteiger partial charge on any atom is 0.234 e. The molecular formula is C14H28N2O3. The number of nitrogens with one attached hydrogen (secondary N) is 2. The van der Waals surface area contributed by atoms with Crippen LogP contribution in [0.3, 0.4) is 0 Å². The van der Waals surface area contributed by atoms with Gasteiger partial charge in [-0.15, -0.1) is 0 Å². The van der Waals surface area contributed by atoms with Crippen LogP contribution in [0.2, 0.25) is 0 Å². The van der Waals surface area contributed by atoms with Crippen LogP contribution in [0.5, 0.6) is 0 Å². The summed E-state index contributed by atoms with van der Waals surface area (Å²) >= 11 is 0. The summed E-state index contributed by atoms with van der Waals surface area (Å²) in [5, 5.41) is 16.3. The molecule has 112 valence electrons. The quantitative estimate of drug-likeness (QED) is 0.600. The van der Waals surface area contributed by atoms with Gasteiger partial charge in [-0.05, 0) is 19.8 Å². The monoisotopic (exact) mass is 272 g/mol. The van der Waals surface area contributed by atoms with E-state index in [2.05, 4.69) is 10.6 Å². The van der Waals surface area contributed by atoms with E-state index >= 15 is 0 Å². The first-order valence-corrected chi connectivity index (χ1v) is 7.27. The summed E-state index contributed by atoms with van der Waals surface area (Å²) in [6.45, 7) is 3.16. The van der Waals surface area contributed by atoms with Crippen LogP contribution in [0.4, 0.5) is 0 Å². The molecule has 19 heavy (non-hydrogen) atoms. The Morgan fingerprint density at radius 3 is 2.53 bits per heavy atom. The number of amides is 1. The molecule has 0 aromatic rings. The molecule has 1 fully saturated rings. The molecule has 0 radical (unpaired) electrons. The van der Waals surface area contributed by atoms with Crippen molar-refractivity contribution in [1.29, 1.82) is 0 Å². The minimum atomic E-state index is -0.630. The zero-order chi connectivity index (χ0) is 14.1. The van der Waals surface area contributed by atoms with E-state index in [4.69, 9.17) is 4.74 Å². The summed E-state index contributed by atoms with van der Waals surface area (Å²) in [5.41, 5.74) is -0.630. The summed E-state index contributed by atoms with van der Waals surface area (Å²) in [6.07, 6.45) is 6.24. The highest BCUT2D eigenvalue weighted by atomic mass is 16.5. The molecule has 1 amide bonds. The summed E-state index contributed by atoms with van der Waals surface area (Å²) in [6, 6.07) is 0.0141. The SMILES string of the molecule is COCC(C)NC(=O)CNCC1(O)CCCCCC1. The van der Waals surface area contributed by atoms with Crippen molar-refractivity contribution in [3.63, 3.8) is 0 Å². The van der Waals surface area contributed by atoms with E-state index in [9.17, 15) is 9.90 Å². The number of ether oxygens (including phenoxy) is 1. The van der Waals surface area contributed by atoms with Gasteiger partial charge in [0.1, 0.15) is 0 Å². The largest absolute Gasteiger partial charge is 0.389 e. The van der Waals surface area contributed by atoms with Gasteiger partial charge in [0.25, 0.3) is 0 Å². The van der Waals surface area contributed by atoms with Crippen molar-refractivity contribution in [2.75, 3.05) is 26.8 Å². The Kier molecular flexibility index (Phi) is 7.34. The Bertz CT molecular complexity index is 263. The number of hydrogen-bond donors (Lipinski definition) is 3. The van der Waals surface area contributed by atoms with Crippen LogP contribution in [0, 0.1) is 0 Å². The van der Waals surface area contributed by atoms with Gasteiger partial charge in [-0.2, -0.15) is 0 Å². The van der Waals surface area contributed by atoms with Crippen molar-refractivity contribution in [2.45, 2.75) is 57.1 Å². The van der Waals surface area contributed by atoms with Gasteiger partial charge in [0.15, 0.2) is 0 Å². The molecule has 0 bridgehead atoms. The fraction of sp³-hybridized carbons (Fsp3) is 0.929. The second kappa shape index (κ2) is 8.51. The van der Waals surface area contributed by atoms with Crippen molar-refractivity contribution in [3.8, 4) is 0 Å². The van der Waals surface area contributed by atoms with Gasteiger partial charge < -0.3 is 20.5 Å². The summed E-state index contributed by atoms with van der Waals surface area (Å²) in [4.78, 5) is 11.6. The van der Waals surface area contributed by atoms with Crippen molar-refractivity contribution >= 4 is 5.91 Å². The lowest BCUT2D eigenvalue weighted by atomic mass is 9.94. The molecule has 0 heterocycles. The first-order valence-electron chi connectivity index (χ1n) is 7.27.